The predicted octanol–water partition coefficient (Wildman–Crippen LogP) is 1.13. The Labute approximate surface area is 116 Å². The average molecular weight is 257 g/mol. The molecule has 1 atom stereocenters. The molecule has 3 heteroatoms. The summed E-state index contributed by atoms with van der Waals surface area (Å²) in [5, 5.41) is 0. The average Bonchev–Trinajstić information content (AvgIpc) is 2.41. The van der Waals surface area contributed by atoms with Gasteiger partial charge >= 0.3 is 0 Å². The lowest BCUT2D eigenvalue weighted by molar-refractivity contribution is 0.0938. The van der Waals surface area contributed by atoms with Crippen LogP contribution in [0, 0.1) is 11.8 Å². The first-order valence-electron chi connectivity index (χ1n) is 6.90. The largest absolute Gasteiger partial charge is 0.320 e. The molecule has 2 rings (SSSR count). The number of nitrogens with two attached hydrogens (primary N) is 1. The molecule has 1 fully saturated rings. The van der Waals surface area contributed by atoms with Crippen LogP contribution < -0.4 is 5.73 Å². The fraction of sp³-hybridized carbons (Fsp3) is 0.500. The lowest BCUT2D eigenvalue weighted by atomic mass is 10.1. The molecule has 3 nitrogen and oxygen atoms in total. The van der Waals surface area contributed by atoms with Gasteiger partial charge in [-0.1, -0.05) is 30.0 Å². The van der Waals surface area contributed by atoms with Gasteiger partial charge in [0, 0.05) is 37.8 Å². The van der Waals surface area contributed by atoms with Crippen molar-refractivity contribution in [3.05, 3.63) is 35.4 Å². The second kappa shape index (κ2) is 6.72. The van der Waals surface area contributed by atoms with Gasteiger partial charge in [0.1, 0.15) is 0 Å². The highest BCUT2D eigenvalue weighted by Gasteiger charge is 2.21. The Balaban J connectivity index is 2.10. The van der Waals surface area contributed by atoms with Crippen LogP contribution in [0.4, 0.5) is 0 Å². The third kappa shape index (κ3) is 3.81. The second-order valence-electron chi connectivity index (χ2n) is 5.24. The van der Waals surface area contributed by atoms with Crippen LogP contribution in [0.15, 0.2) is 24.3 Å². The zero-order valence-electron chi connectivity index (χ0n) is 11.9. The summed E-state index contributed by atoms with van der Waals surface area (Å²) in [5.41, 5.74) is 7.87. The van der Waals surface area contributed by atoms with Crippen LogP contribution in [0.25, 0.3) is 0 Å². The fourth-order valence-electron chi connectivity index (χ4n) is 2.56. The van der Waals surface area contributed by atoms with Crippen molar-refractivity contribution in [3.63, 3.8) is 0 Å². The van der Waals surface area contributed by atoms with E-state index in [1.807, 2.05) is 6.07 Å². The van der Waals surface area contributed by atoms with E-state index in [9.17, 15) is 0 Å². The number of rotatable bonds is 2. The molecule has 1 saturated heterocycles. The molecule has 0 radical (unpaired) electrons. The maximum atomic E-state index is 5.46. The molecule has 2 N–H and O–H groups in total. The summed E-state index contributed by atoms with van der Waals surface area (Å²) in [6.45, 7) is 7.08. The smallest absolute Gasteiger partial charge is 0.0555 e. The van der Waals surface area contributed by atoms with E-state index in [-0.39, 0.29) is 0 Å². The molecule has 102 valence electrons. The molecule has 1 aromatic rings. The summed E-state index contributed by atoms with van der Waals surface area (Å²) >= 11 is 0. The molecular weight excluding hydrogens is 234 g/mol. The highest BCUT2D eigenvalue weighted by molar-refractivity contribution is 5.41. The van der Waals surface area contributed by atoms with E-state index < -0.39 is 0 Å². The van der Waals surface area contributed by atoms with Crippen molar-refractivity contribution in [1.82, 2.24) is 9.80 Å². The SMILES string of the molecule is CC1CN(C)CCN1Cc1ccccc1C#CCN. The molecule has 0 bridgehead atoms. The Kier molecular flexibility index (Phi) is 4.98. The minimum absolute atomic E-state index is 0.416. The summed E-state index contributed by atoms with van der Waals surface area (Å²) in [7, 11) is 2.19. The molecule has 0 saturated carbocycles. The Morgan fingerprint density at radius 3 is 2.84 bits per heavy atom. The molecule has 1 unspecified atom stereocenters. The number of benzene rings is 1. The molecule has 1 aliphatic heterocycles. The molecule has 0 amide bonds. The van der Waals surface area contributed by atoms with E-state index >= 15 is 0 Å². The van der Waals surface area contributed by atoms with Crippen molar-refractivity contribution in [2.75, 3.05) is 33.2 Å². The van der Waals surface area contributed by atoms with Gasteiger partial charge in [-0.15, -0.1) is 0 Å². The van der Waals surface area contributed by atoms with Gasteiger partial charge in [-0.25, -0.2) is 0 Å². The number of hydrogen-bond donors (Lipinski definition) is 1. The summed E-state index contributed by atoms with van der Waals surface area (Å²) in [6, 6.07) is 8.97. The number of hydrogen-bond acceptors (Lipinski definition) is 3. The molecule has 1 aromatic carbocycles. The van der Waals surface area contributed by atoms with Gasteiger partial charge in [-0.05, 0) is 25.6 Å². The predicted molar refractivity (Wildman–Crippen MR) is 79.7 cm³/mol. The van der Waals surface area contributed by atoms with E-state index in [2.05, 4.69) is 53.8 Å². The van der Waals surface area contributed by atoms with Crippen LogP contribution in [-0.2, 0) is 6.54 Å². The van der Waals surface area contributed by atoms with E-state index in [1.165, 1.54) is 5.56 Å². The highest BCUT2D eigenvalue weighted by Crippen LogP contribution is 2.15. The molecule has 19 heavy (non-hydrogen) atoms. The fourth-order valence-corrected chi connectivity index (χ4v) is 2.56. The lowest BCUT2D eigenvalue weighted by Gasteiger charge is -2.38. The second-order valence-corrected chi connectivity index (χ2v) is 5.24. The lowest BCUT2D eigenvalue weighted by Crippen LogP contribution is -2.49. The summed E-state index contributed by atoms with van der Waals surface area (Å²) in [5.74, 6) is 6.13. The number of nitrogens with zero attached hydrogens (tertiary/aromatic N) is 2. The zero-order chi connectivity index (χ0) is 13.7. The first kappa shape index (κ1) is 14.1. The van der Waals surface area contributed by atoms with Crippen molar-refractivity contribution in [3.8, 4) is 11.8 Å². The minimum atomic E-state index is 0.416. The molecule has 1 heterocycles. The van der Waals surface area contributed by atoms with Gasteiger partial charge in [0.25, 0.3) is 0 Å². The van der Waals surface area contributed by atoms with Crippen LogP contribution in [0.2, 0.25) is 0 Å². The van der Waals surface area contributed by atoms with Gasteiger partial charge in [-0.3, -0.25) is 4.90 Å². The van der Waals surface area contributed by atoms with Gasteiger partial charge < -0.3 is 10.6 Å². The molecule has 1 aliphatic rings. The summed E-state index contributed by atoms with van der Waals surface area (Å²) < 4.78 is 0. The van der Waals surface area contributed by atoms with Gasteiger partial charge in [0.15, 0.2) is 0 Å². The minimum Gasteiger partial charge on any atom is -0.320 e. The molecule has 0 spiro atoms. The van der Waals surface area contributed by atoms with Crippen LogP contribution in [0.1, 0.15) is 18.1 Å². The van der Waals surface area contributed by atoms with Crippen LogP contribution >= 0.6 is 0 Å². The standard InChI is InChI=1S/C16H23N3/c1-14-12-18(2)10-11-19(14)13-16-7-4-3-6-15(16)8-5-9-17/h3-4,6-7,14H,9-13,17H2,1-2H3. The maximum absolute atomic E-state index is 5.46. The third-order valence-electron chi connectivity index (χ3n) is 3.68. The highest BCUT2D eigenvalue weighted by atomic mass is 15.3. The quantitative estimate of drug-likeness (QED) is 0.806. The summed E-state index contributed by atoms with van der Waals surface area (Å²) in [6.07, 6.45) is 0. The van der Waals surface area contributed by atoms with Gasteiger partial charge in [0.05, 0.1) is 6.54 Å². The number of likely N-dealkylation sites (N-methyl/N-ethyl adjacent to an activating group) is 1. The van der Waals surface area contributed by atoms with Crippen molar-refractivity contribution in [2.45, 2.75) is 19.5 Å². The Morgan fingerprint density at radius 2 is 2.11 bits per heavy atom. The molecule has 0 aliphatic carbocycles. The first-order valence-corrected chi connectivity index (χ1v) is 6.90. The summed E-state index contributed by atoms with van der Waals surface area (Å²) in [4.78, 5) is 4.92. The van der Waals surface area contributed by atoms with Gasteiger partial charge in [0.2, 0.25) is 0 Å². The van der Waals surface area contributed by atoms with Crippen molar-refractivity contribution >= 4 is 0 Å². The molecule has 0 aromatic heterocycles. The van der Waals surface area contributed by atoms with E-state index in [0.717, 1.165) is 31.7 Å². The first-order chi connectivity index (χ1) is 9.20. The van der Waals surface area contributed by atoms with Crippen molar-refractivity contribution in [2.24, 2.45) is 5.73 Å². The zero-order valence-corrected chi connectivity index (χ0v) is 11.9. The topological polar surface area (TPSA) is 32.5 Å². The number of piperazine rings is 1. The van der Waals surface area contributed by atoms with Crippen molar-refractivity contribution < 1.29 is 0 Å². The Bertz CT molecular complexity index is 472. The van der Waals surface area contributed by atoms with Gasteiger partial charge in [-0.2, -0.15) is 0 Å². The van der Waals surface area contributed by atoms with Crippen LogP contribution in [-0.4, -0.2) is 49.1 Å². The Hall–Kier alpha value is -1.34. The molecular formula is C16H23N3. The normalized spacial score (nSPS) is 20.9. The maximum Gasteiger partial charge on any atom is 0.0555 e. The van der Waals surface area contributed by atoms with E-state index in [1.54, 1.807) is 0 Å². The monoisotopic (exact) mass is 257 g/mol. The van der Waals surface area contributed by atoms with Crippen LogP contribution in [0.5, 0.6) is 0 Å². The van der Waals surface area contributed by atoms with E-state index in [4.69, 9.17) is 5.73 Å². The Morgan fingerprint density at radius 1 is 1.32 bits per heavy atom. The van der Waals surface area contributed by atoms with Crippen molar-refractivity contribution in [1.29, 1.82) is 0 Å². The van der Waals surface area contributed by atoms with Crippen LogP contribution in [0.3, 0.4) is 0 Å². The van der Waals surface area contributed by atoms with E-state index in [0.29, 0.717) is 12.6 Å². The third-order valence-corrected chi connectivity index (χ3v) is 3.68.